The van der Waals surface area contributed by atoms with Gasteiger partial charge in [-0.05, 0) is 12.8 Å². The van der Waals surface area contributed by atoms with Crippen LogP contribution < -0.4 is 5.73 Å². The van der Waals surface area contributed by atoms with Gasteiger partial charge in [-0.2, -0.15) is 5.10 Å². The normalized spacial score (nSPS) is 13.0. The molecule has 2 N–H and O–H groups in total. The number of nitrogens with zero attached hydrogens (tertiary/aromatic N) is 2. The van der Waals surface area contributed by atoms with Crippen LogP contribution in [0.1, 0.15) is 38.3 Å². The van der Waals surface area contributed by atoms with Crippen LogP contribution in [0.5, 0.6) is 0 Å². The molecule has 0 spiro atoms. The minimum absolute atomic E-state index is 0.107. The summed E-state index contributed by atoms with van der Waals surface area (Å²) < 4.78 is 7.28. The van der Waals surface area contributed by atoms with E-state index < -0.39 is 0 Å². The number of hydrogen-bond acceptors (Lipinski definition) is 3. The third-order valence-corrected chi connectivity index (χ3v) is 2.33. The van der Waals surface area contributed by atoms with E-state index in [2.05, 4.69) is 18.9 Å². The summed E-state index contributed by atoms with van der Waals surface area (Å²) in [6, 6.07) is 0.107. The zero-order chi connectivity index (χ0) is 11.1. The Kier molecular flexibility index (Phi) is 5.36. The Labute approximate surface area is 91.4 Å². The van der Waals surface area contributed by atoms with E-state index in [0.29, 0.717) is 0 Å². The van der Waals surface area contributed by atoms with Gasteiger partial charge in [0.1, 0.15) is 0 Å². The topological polar surface area (TPSA) is 53.1 Å². The van der Waals surface area contributed by atoms with Gasteiger partial charge in [0.05, 0.1) is 19.3 Å². The lowest BCUT2D eigenvalue weighted by atomic mass is 10.1. The van der Waals surface area contributed by atoms with Crippen LogP contribution in [-0.4, -0.2) is 23.0 Å². The first-order valence-electron chi connectivity index (χ1n) is 5.63. The molecule has 86 valence electrons. The van der Waals surface area contributed by atoms with Crippen molar-refractivity contribution in [1.82, 2.24) is 9.78 Å². The largest absolute Gasteiger partial charge is 0.380 e. The molecule has 0 radical (unpaired) electrons. The molecule has 0 saturated carbocycles. The van der Waals surface area contributed by atoms with Gasteiger partial charge in [-0.1, -0.05) is 13.8 Å². The molecule has 1 aromatic rings. The molecule has 0 bridgehead atoms. The van der Waals surface area contributed by atoms with E-state index in [0.717, 1.165) is 38.2 Å². The lowest BCUT2D eigenvalue weighted by Crippen LogP contribution is -2.08. The van der Waals surface area contributed by atoms with Crippen molar-refractivity contribution < 1.29 is 4.74 Å². The highest BCUT2D eigenvalue weighted by Crippen LogP contribution is 2.11. The van der Waals surface area contributed by atoms with Gasteiger partial charge in [-0.25, -0.2) is 0 Å². The highest BCUT2D eigenvalue weighted by molar-refractivity contribution is 5.09. The molecule has 0 saturated heterocycles. The SMILES string of the molecule is CCCOCCn1cc(C(N)CC)cn1. The molecule has 1 atom stereocenters. The average molecular weight is 211 g/mol. The number of rotatable bonds is 7. The van der Waals surface area contributed by atoms with Crippen LogP contribution in [0.2, 0.25) is 0 Å². The summed E-state index contributed by atoms with van der Waals surface area (Å²) in [6.07, 6.45) is 5.85. The molecule has 15 heavy (non-hydrogen) atoms. The van der Waals surface area contributed by atoms with Crippen LogP contribution in [0, 0.1) is 0 Å². The molecular formula is C11H21N3O. The van der Waals surface area contributed by atoms with E-state index >= 15 is 0 Å². The Morgan fingerprint density at radius 3 is 2.93 bits per heavy atom. The molecule has 0 fully saturated rings. The first-order chi connectivity index (χ1) is 7.27. The summed E-state index contributed by atoms with van der Waals surface area (Å²) >= 11 is 0. The summed E-state index contributed by atoms with van der Waals surface area (Å²) in [6.45, 7) is 6.52. The number of ether oxygens (including phenoxy) is 1. The zero-order valence-corrected chi connectivity index (χ0v) is 9.65. The second-order valence-electron chi connectivity index (χ2n) is 3.66. The third kappa shape index (κ3) is 4.01. The van der Waals surface area contributed by atoms with Gasteiger partial charge in [0, 0.05) is 24.4 Å². The molecule has 4 nitrogen and oxygen atoms in total. The lowest BCUT2D eigenvalue weighted by molar-refractivity contribution is 0.124. The minimum atomic E-state index is 0.107. The van der Waals surface area contributed by atoms with Crippen LogP contribution in [-0.2, 0) is 11.3 Å². The molecule has 1 heterocycles. The third-order valence-electron chi connectivity index (χ3n) is 2.33. The van der Waals surface area contributed by atoms with Gasteiger partial charge in [-0.15, -0.1) is 0 Å². The number of nitrogens with two attached hydrogens (primary N) is 1. The second-order valence-corrected chi connectivity index (χ2v) is 3.66. The van der Waals surface area contributed by atoms with Crippen molar-refractivity contribution in [2.45, 2.75) is 39.3 Å². The van der Waals surface area contributed by atoms with E-state index in [4.69, 9.17) is 10.5 Å². The van der Waals surface area contributed by atoms with Gasteiger partial charge >= 0.3 is 0 Å². The van der Waals surface area contributed by atoms with Crippen molar-refractivity contribution in [2.75, 3.05) is 13.2 Å². The van der Waals surface area contributed by atoms with Crippen LogP contribution >= 0.6 is 0 Å². The van der Waals surface area contributed by atoms with Crippen LogP contribution in [0.4, 0.5) is 0 Å². The molecule has 0 amide bonds. The maximum absolute atomic E-state index is 5.90. The highest BCUT2D eigenvalue weighted by Gasteiger charge is 2.05. The fraction of sp³-hybridized carbons (Fsp3) is 0.727. The van der Waals surface area contributed by atoms with Crippen molar-refractivity contribution in [1.29, 1.82) is 0 Å². The first-order valence-corrected chi connectivity index (χ1v) is 5.63. The van der Waals surface area contributed by atoms with Crippen LogP contribution in [0.25, 0.3) is 0 Å². The smallest absolute Gasteiger partial charge is 0.0662 e. The standard InChI is InChI=1S/C11H21N3O/c1-3-6-15-7-5-14-9-10(8-13-14)11(12)4-2/h8-9,11H,3-7,12H2,1-2H3. The maximum atomic E-state index is 5.90. The molecule has 0 aliphatic carbocycles. The van der Waals surface area contributed by atoms with Gasteiger partial charge in [0.2, 0.25) is 0 Å². The number of hydrogen-bond donors (Lipinski definition) is 1. The van der Waals surface area contributed by atoms with E-state index in [9.17, 15) is 0 Å². The Morgan fingerprint density at radius 2 is 2.27 bits per heavy atom. The predicted molar refractivity (Wildman–Crippen MR) is 60.6 cm³/mol. The summed E-state index contributed by atoms with van der Waals surface area (Å²) in [5, 5.41) is 4.24. The van der Waals surface area contributed by atoms with Crippen molar-refractivity contribution in [3.63, 3.8) is 0 Å². The van der Waals surface area contributed by atoms with E-state index in [1.807, 2.05) is 17.1 Å². The fourth-order valence-electron chi connectivity index (χ4n) is 1.33. The fourth-order valence-corrected chi connectivity index (χ4v) is 1.33. The van der Waals surface area contributed by atoms with Gasteiger partial charge in [-0.3, -0.25) is 4.68 Å². The Bertz CT molecular complexity index is 273. The quantitative estimate of drug-likeness (QED) is 0.699. The van der Waals surface area contributed by atoms with Crippen molar-refractivity contribution in [3.05, 3.63) is 18.0 Å². The summed E-state index contributed by atoms with van der Waals surface area (Å²) in [5.41, 5.74) is 7.00. The molecule has 0 aromatic carbocycles. The summed E-state index contributed by atoms with van der Waals surface area (Å²) in [4.78, 5) is 0. The first kappa shape index (κ1) is 12.2. The molecule has 1 rings (SSSR count). The van der Waals surface area contributed by atoms with Gasteiger partial charge in [0.25, 0.3) is 0 Å². The Hall–Kier alpha value is -0.870. The predicted octanol–water partition coefficient (Wildman–Crippen LogP) is 1.72. The Morgan fingerprint density at radius 1 is 1.47 bits per heavy atom. The highest BCUT2D eigenvalue weighted by atomic mass is 16.5. The van der Waals surface area contributed by atoms with Crippen LogP contribution in [0.15, 0.2) is 12.4 Å². The molecule has 0 aliphatic heterocycles. The molecule has 4 heteroatoms. The van der Waals surface area contributed by atoms with Crippen molar-refractivity contribution in [2.24, 2.45) is 5.73 Å². The van der Waals surface area contributed by atoms with Crippen molar-refractivity contribution in [3.8, 4) is 0 Å². The molecular weight excluding hydrogens is 190 g/mol. The Balaban J connectivity index is 2.33. The zero-order valence-electron chi connectivity index (χ0n) is 9.65. The maximum Gasteiger partial charge on any atom is 0.0662 e. The lowest BCUT2D eigenvalue weighted by Gasteiger charge is -2.04. The molecule has 0 aliphatic rings. The minimum Gasteiger partial charge on any atom is -0.380 e. The van der Waals surface area contributed by atoms with Gasteiger partial charge in [0.15, 0.2) is 0 Å². The van der Waals surface area contributed by atoms with E-state index in [-0.39, 0.29) is 6.04 Å². The molecule has 1 aromatic heterocycles. The van der Waals surface area contributed by atoms with E-state index in [1.54, 1.807) is 0 Å². The molecule has 1 unspecified atom stereocenters. The average Bonchev–Trinajstić information content (AvgIpc) is 2.72. The van der Waals surface area contributed by atoms with E-state index in [1.165, 1.54) is 0 Å². The second kappa shape index (κ2) is 6.58. The number of aromatic nitrogens is 2. The van der Waals surface area contributed by atoms with Crippen molar-refractivity contribution >= 4 is 0 Å². The van der Waals surface area contributed by atoms with Crippen LogP contribution in [0.3, 0.4) is 0 Å². The summed E-state index contributed by atoms with van der Waals surface area (Å²) in [5.74, 6) is 0. The monoisotopic (exact) mass is 211 g/mol. The van der Waals surface area contributed by atoms with Gasteiger partial charge < -0.3 is 10.5 Å². The summed E-state index contributed by atoms with van der Waals surface area (Å²) in [7, 11) is 0.